The standard InChI is InChI=1S/C29H32N4O4S/c1-20(2)19-37-25-13-10-22(15-26(25)35-5)16-27-28(34)33(18-24-7-6-14-36-24)29(38-27)31-30-17-21-8-11-23(12-9-21)32(3)4/h6-17,20H,18-19H2,1-5H3/b27-16-,30-17+,31-29-. The molecule has 1 aromatic heterocycles. The van der Waals surface area contributed by atoms with Gasteiger partial charge < -0.3 is 18.8 Å². The van der Waals surface area contributed by atoms with Crippen LogP contribution < -0.4 is 14.4 Å². The number of nitrogens with zero attached hydrogens (tertiary/aromatic N) is 4. The van der Waals surface area contributed by atoms with Crippen LogP contribution in [-0.4, -0.2) is 50.0 Å². The molecule has 0 N–H and O–H groups in total. The molecule has 0 bridgehead atoms. The zero-order valence-electron chi connectivity index (χ0n) is 22.2. The first-order valence-electron chi connectivity index (χ1n) is 12.3. The molecule has 1 saturated heterocycles. The minimum atomic E-state index is -0.171. The molecule has 0 radical (unpaired) electrons. The van der Waals surface area contributed by atoms with Gasteiger partial charge >= 0.3 is 0 Å². The van der Waals surface area contributed by atoms with E-state index in [1.54, 1.807) is 30.6 Å². The lowest BCUT2D eigenvalue weighted by Gasteiger charge is -2.13. The Bertz CT molecular complexity index is 1330. The van der Waals surface area contributed by atoms with E-state index >= 15 is 0 Å². The highest BCUT2D eigenvalue weighted by Gasteiger charge is 2.34. The maximum atomic E-state index is 13.4. The Kier molecular flexibility index (Phi) is 8.91. The fraction of sp³-hybridized carbons (Fsp3) is 0.276. The zero-order valence-corrected chi connectivity index (χ0v) is 23.1. The van der Waals surface area contributed by atoms with E-state index in [-0.39, 0.29) is 12.5 Å². The number of methoxy groups -OCH3 is 1. The molecule has 0 saturated carbocycles. The minimum absolute atomic E-state index is 0.171. The van der Waals surface area contributed by atoms with Crippen LogP contribution in [0.15, 0.2) is 80.4 Å². The molecule has 0 atom stereocenters. The molecule has 0 spiro atoms. The number of carbonyl (C=O) groups excluding carboxylic acids is 1. The Hall–Kier alpha value is -3.98. The number of furan rings is 1. The SMILES string of the molecule is COc1cc(/C=C2\S/C(=N\N=C\c3ccc(N(C)C)cc3)N(Cc3ccco3)C2=O)ccc1OCC(C)C. The van der Waals surface area contributed by atoms with Crippen molar-refractivity contribution in [1.82, 2.24) is 4.90 Å². The second kappa shape index (κ2) is 12.5. The largest absolute Gasteiger partial charge is 0.493 e. The molecule has 1 amide bonds. The van der Waals surface area contributed by atoms with Crippen molar-refractivity contribution in [1.29, 1.82) is 0 Å². The van der Waals surface area contributed by atoms with E-state index < -0.39 is 0 Å². The van der Waals surface area contributed by atoms with Gasteiger partial charge in [0.25, 0.3) is 5.91 Å². The lowest BCUT2D eigenvalue weighted by atomic mass is 10.1. The molecule has 3 aromatic rings. The molecular formula is C29H32N4O4S. The second-order valence-electron chi connectivity index (χ2n) is 9.31. The van der Waals surface area contributed by atoms with Crippen molar-refractivity contribution in [3.05, 3.63) is 82.7 Å². The number of amidine groups is 1. The van der Waals surface area contributed by atoms with Gasteiger partial charge in [-0.2, -0.15) is 5.10 Å². The Morgan fingerprint density at radius 2 is 1.84 bits per heavy atom. The molecule has 1 aliphatic heterocycles. The van der Waals surface area contributed by atoms with Crippen molar-refractivity contribution in [2.24, 2.45) is 16.1 Å². The number of ether oxygens (including phenoxy) is 2. The number of amides is 1. The summed E-state index contributed by atoms with van der Waals surface area (Å²) in [6.45, 7) is 5.03. The van der Waals surface area contributed by atoms with Gasteiger partial charge in [-0.15, -0.1) is 5.10 Å². The van der Waals surface area contributed by atoms with Gasteiger partial charge in [-0.25, -0.2) is 0 Å². The highest BCUT2D eigenvalue weighted by Crippen LogP contribution is 2.35. The highest BCUT2D eigenvalue weighted by molar-refractivity contribution is 8.18. The minimum Gasteiger partial charge on any atom is -0.493 e. The van der Waals surface area contributed by atoms with E-state index in [9.17, 15) is 4.79 Å². The fourth-order valence-electron chi connectivity index (χ4n) is 3.58. The van der Waals surface area contributed by atoms with Crippen LogP contribution in [0.2, 0.25) is 0 Å². The van der Waals surface area contributed by atoms with Gasteiger partial charge in [-0.05, 0) is 71.3 Å². The normalized spacial score (nSPS) is 15.8. The van der Waals surface area contributed by atoms with E-state index in [1.165, 1.54) is 11.8 Å². The van der Waals surface area contributed by atoms with Gasteiger partial charge in [-0.1, -0.05) is 32.0 Å². The van der Waals surface area contributed by atoms with Crippen molar-refractivity contribution in [3.63, 3.8) is 0 Å². The second-order valence-corrected chi connectivity index (χ2v) is 10.3. The van der Waals surface area contributed by atoms with Gasteiger partial charge in [-0.3, -0.25) is 9.69 Å². The molecule has 1 fully saturated rings. The monoisotopic (exact) mass is 532 g/mol. The first kappa shape index (κ1) is 27.1. The number of hydrogen-bond acceptors (Lipinski definition) is 8. The summed E-state index contributed by atoms with van der Waals surface area (Å²) in [4.78, 5) is 17.5. The molecule has 0 unspecified atom stereocenters. The number of thioether (sulfide) groups is 1. The summed E-state index contributed by atoms with van der Waals surface area (Å²) in [5.41, 5.74) is 2.83. The first-order valence-corrected chi connectivity index (χ1v) is 13.1. The summed E-state index contributed by atoms with van der Waals surface area (Å²) < 4.78 is 16.9. The Labute approximate surface area is 227 Å². The Morgan fingerprint density at radius 3 is 2.50 bits per heavy atom. The summed E-state index contributed by atoms with van der Waals surface area (Å²) in [6, 6.07) is 17.2. The van der Waals surface area contributed by atoms with Crippen molar-refractivity contribution in [3.8, 4) is 11.5 Å². The number of hydrogen-bond donors (Lipinski definition) is 0. The lowest BCUT2D eigenvalue weighted by Crippen LogP contribution is -2.28. The fourth-order valence-corrected chi connectivity index (χ4v) is 4.52. The molecule has 0 aliphatic carbocycles. The molecule has 38 heavy (non-hydrogen) atoms. The van der Waals surface area contributed by atoms with E-state index in [2.05, 4.69) is 24.1 Å². The van der Waals surface area contributed by atoms with Crippen LogP contribution in [0.25, 0.3) is 6.08 Å². The third kappa shape index (κ3) is 6.86. The van der Waals surface area contributed by atoms with Crippen LogP contribution in [-0.2, 0) is 11.3 Å². The predicted molar refractivity (Wildman–Crippen MR) is 154 cm³/mol. The van der Waals surface area contributed by atoms with E-state index in [1.807, 2.05) is 73.6 Å². The van der Waals surface area contributed by atoms with Crippen LogP contribution in [0.1, 0.15) is 30.7 Å². The molecule has 8 nitrogen and oxygen atoms in total. The number of anilines is 1. The van der Waals surface area contributed by atoms with Crippen molar-refractivity contribution < 1.29 is 18.7 Å². The third-order valence-corrected chi connectivity index (χ3v) is 6.60. The predicted octanol–water partition coefficient (Wildman–Crippen LogP) is 5.90. The van der Waals surface area contributed by atoms with Gasteiger partial charge in [0.15, 0.2) is 16.7 Å². The lowest BCUT2D eigenvalue weighted by molar-refractivity contribution is -0.122. The average Bonchev–Trinajstić information content (AvgIpc) is 3.52. The molecule has 198 valence electrons. The van der Waals surface area contributed by atoms with Crippen molar-refractivity contribution >= 4 is 40.8 Å². The highest BCUT2D eigenvalue weighted by atomic mass is 32.2. The zero-order chi connectivity index (χ0) is 27.1. The number of carbonyl (C=O) groups is 1. The van der Waals surface area contributed by atoms with Crippen molar-refractivity contribution in [2.75, 3.05) is 32.7 Å². The quantitative estimate of drug-likeness (QED) is 0.184. The van der Waals surface area contributed by atoms with Gasteiger partial charge in [0.05, 0.1) is 37.6 Å². The topological polar surface area (TPSA) is 79.9 Å². The average molecular weight is 533 g/mol. The summed E-state index contributed by atoms with van der Waals surface area (Å²) in [5.74, 6) is 2.16. The smallest absolute Gasteiger partial charge is 0.267 e. The third-order valence-electron chi connectivity index (χ3n) is 5.60. The molecule has 9 heteroatoms. The van der Waals surface area contributed by atoms with E-state index in [4.69, 9.17) is 13.9 Å². The van der Waals surface area contributed by atoms with Crippen LogP contribution >= 0.6 is 11.8 Å². The maximum absolute atomic E-state index is 13.4. The van der Waals surface area contributed by atoms with E-state index in [0.29, 0.717) is 39.9 Å². The summed E-state index contributed by atoms with van der Waals surface area (Å²) in [5, 5.41) is 9.13. The maximum Gasteiger partial charge on any atom is 0.267 e. The van der Waals surface area contributed by atoms with E-state index in [0.717, 1.165) is 16.8 Å². The summed E-state index contributed by atoms with van der Waals surface area (Å²) >= 11 is 1.27. The number of rotatable bonds is 10. The van der Waals surface area contributed by atoms with Crippen LogP contribution in [0.3, 0.4) is 0 Å². The summed E-state index contributed by atoms with van der Waals surface area (Å²) in [6.07, 6.45) is 5.08. The van der Waals surface area contributed by atoms with Gasteiger partial charge in [0, 0.05) is 19.8 Å². The molecule has 2 heterocycles. The van der Waals surface area contributed by atoms with Crippen LogP contribution in [0.4, 0.5) is 5.69 Å². The van der Waals surface area contributed by atoms with Crippen molar-refractivity contribution in [2.45, 2.75) is 20.4 Å². The van der Waals surface area contributed by atoms with Gasteiger partial charge in [0.1, 0.15) is 5.76 Å². The summed E-state index contributed by atoms with van der Waals surface area (Å²) in [7, 11) is 5.59. The molecular weight excluding hydrogens is 500 g/mol. The number of benzene rings is 2. The van der Waals surface area contributed by atoms with Crippen LogP contribution in [0, 0.1) is 5.92 Å². The molecule has 2 aromatic carbocycles. The Balaban J connectivity index is 1.58. The molecule has 1 aliphatic rings. The molecule has 4 rings (SSSR count). The van der Waals surface area contributed by atoms with Gasteiger partial charge in [0.2, 0.25) is 0 Å². The van der Waals surface area contributed by atoms with Crippen LogP contribution in [0.5, 0.6) is 11.5 Å². The Morgan fingerprint density at radius 1 is 1.08 bits per heavy atom. The first-order chi connectivity index (χ1) is 18.3.